The third-order valence-corrected chi connectivity index (χ3v) is 8.45. The fourth-order valence-corrected chi connectivity index (χ4v) is 6.95. The molecule has 0 N–H and O–H groups in total. The van der Waals surface area contributed by atoms with Gasteiger partial charge in [-0.25, -0.2) is 8.42 Å². The van der Waals surface area contributed by atoms with Gasteiger partial charge in [0.2, 0.25) is 10.0 Å². The zero-order chi connectivity index (χ0) is 19.1. The van der Waals surface area contributed by atoms with Crippen molar-refractivity contribution in [1.29, 1.82) is 0 Å². The van der Waals surface area contributed by atoms with Gasteiger partial charge in [0.25, 0.3) is 0 Å². The van der Waals surface area contributed by atoms with Crippen LogP contribution in [0.4, 0.5) is 0 Å². The lowest BCUT2D eigenvalue weighted by Gasteiger charge is -2.43. The predicted octanol–water partition coefficient (Wildman–Crippen LogP) is 3.59. The van der Waals surface area contributed by atoms with Gasteiger partial charge < -0.3 is 9.47 Å². The lowest BCUT2D eigenvalue weighted by Crippen LogP contribution is -2.49. The molecule has 0 unspecified atom stereocenters. The third kappa shape index (κ3) is 3.06. The Morgan fingerprint density at radius 1 is 1.12 bits per heavy atom. The molecular weight excluding hydrogens is 350 g/mol. The monoisotopic (exact) mass is 381 g/mol. The van der Waals surface area contributed by atoms with Crippen molar-refractivity contribution in [2.75, 3.05) is 27.3 Å². The number of methoxy groups -OCH3 is 2. The minimum atomic E-state index is -3.54. The second kappa shape index (κ2) is 7.13. The van der Waals surface area contributed by atoms with E-state index in [0.717, 1.165) is 54.5 Å². The van der Waals surface area contributed by atoms with Gasteiger partial charge in [-0.15, -0.1) is 0 Å². The molecule has 0 radical (unpaired) electrons. The summed E-state index contributed by atoms with van der Waals surface area (Å²) in [4.78, 5) is 0.414. The molecule has 1 aliphatic carbocycles. The molecule has 6 heteroatoms. The van der Waals surface area contributed by atoms with Gasteiger partial charge in [0, 0.05) is 25.6 Å². The van der Waals surface area contributed by atoms with Crippen LogP contribution in [0.3, 0.4) is 0 Å². The number of hydrogen-bond donors (Lipinski definition) is 0. The molecule has 3 rings (SSSR count). The van der Waals surface area contributed by atoms with Crippen molar-refractivity contribution < 1.29 is 17.9 Å². The van der Waals surface area contributed by atoms with Crippen LogP contribution in [0.15, 0.2) is 11.0 Å². The second-order valence-electron chi connectivity index (χ2n) is 7.90. The first-order valence-corrected chi connectivity index (χ1v) is 10.9. The molecule has 1 aliphatic heterocycles. The lowest BCUT2D eigenvalue weighted by atomic mass is 9.77. The van der Waals surface area contributed by atoms with E-state index in [0.29, 0.717) is 18.0 Å². The molecule has 1 saturated heterocycles. The Balaban J connectivity index is 1.98. The molecule has 1 aromatic rings. The van der Waals surface area contributed by atoms with Crippen LogP contribution >= 0.6 is 0 Å². The molecule has 2 atom stereocenters. The number of benzene rings is 1. The van der Waals surface area contributed by atoms with Crippen LogP contribution in [0.25, 0.3) is 0 Å². The number of aryl methyl sites for hydroxylation is 1. The summed E-state index contributed by atoms with van der Waals surface area (Å²) in [6.45, 7) is 6.86. The molecule has 5 nitrogen and oxygen atoms in total. The first kappa shape index (κ1) is 19.6. The van der Waals surface area contributed by atoms with E-state index in [9.17, 15) is 8.42 Å². The smallest absolute Gasteiger partial charge is 0.243 e. The van der Waals surface area contributed by atoms with Gasteiger partial charge in [-0.05, 0) is 69.2 Å². The zero-order valence-corrected chi connectivity index (χ0v) is 17.4. The summed E-state index contributed by atoms with van der Waals surface area (Å²) in [6, 6.07) is 1.76. The van der Waals surface area contributed by atoms with Gasteiger partial charge in [0.1, 0.15) is 5.75 Å². The van der Waals surface area contributed by atoms with Crippen molar-refractivity contribution in [3.05, 3.63) is 22.8 Å². The minimum absolute atomic E-state index is 0.0233. The van der Waals surface area contributed by atoms with Crippen LogP contribution in [0, 0.1) is 26.2 Å². The SMILES string of the molecule is COc1c(C)cc(S(=O)(=O)N2CCC[C@@]3(CCC[C@H]3OC)C2)c(C)c1C. The van der Waals surface area contributed by atoms with Gasteiger partial charge in [-0.1, -0.05) is 6.42 Å². The molecule has 1 saturated carbocycles. The molecular formula is C20H31NO4S. The number of piperidine rings is 1. The average Bonchev–Trinajstić information content (AvgIpc) is 3.00. The van der Waals surface area contributed by atoms with E-state index in [1.165, 1.54) is 0 Å². The average molecular weight is 382 g/mol. The number of ether oxygens (including phenoxy) is 2. The van der Waals surface area contributed by atoms with Crippen molar-refractivity contribution >= 4 is 10.0 Å². The second-order valence-corrected chi connectivity index (χ2v) is 9.80. The van der Waals surface area contributed by atoms with Crippen LogP contribution < -0.4 is 4.74 Å². The topological polar surface area (TPSA) is 55.8 Å². The maximum absolute atomic E-state index is 13.5. The predicted molar refractivity (Wildman–Crippen MR) is 102 cm³/mol. The Morgan fingerprint density at radius 3 is 2.46 bits per heavy atom. The van der Waals surface area contributed by atoms with Gasteiger partial charge in [-0.2, -0.15) is 4.31 Å². The Kier molecular flexibility index (Phi) is 5.39. The number of nitrogens with zero attached hydrogens (tertiary/aromatic N) is 1. The summed E-state index contributed by atoms with van der Waals surface area (Å²) in [5, 5.41) is 0. The summed E-state index contributed by atoms with van der Waals surface area (Å²) in [6.07, 6.45) is 5.32. The summed E-state index contributed by atoms with van der Waals surface area (Å²) in [5.41, 5.74) is 2.51. The highest BCUT2D eigenvalue weighted by Crippen LogP contribution is 2.47. The molecule has 1 heterocycles. The summed E-state index contributed by atoms with van der Waals surface area (Å²) >= 11 is 0. The molecule has 1 aromatic carbocycles. The fourth-order valence-electron chi connectivity index (χ4n) is 5.01. The van der Waals surface area contributed by atoms with Crippen LogP contribution in [0.5, 0.6) is 5.75 Å². The van der Waals surface area contributed by atoms with E-state index in [1.807, 2.05) is 20.8 Å². The number of sulfonamides is 1. The normalized spacial score (nSPS) is 27.2. The maximum Gasteiger partial charge on any atom is 0.243 e. The first-order chi connectivity index (χ1) is 12.3. The maximum atomic E-state index is 13.5. The van der Waals surface area contributed by atoms with E-state index >= 15 is 0 Å². The third-order valence-electron chi connectivity index (χ3n) is 6.48. The van der Waals surface area contributed by atoms with Crippen molar-refractivity contribution in [3.8, 4) is 5.75 Å². The highest BCUT2D eigenvalue weighted by atomic mass is 32.2. The Morgan fingerprint density at radius 2 is 1.81 bits per heavy atom. The molecule has 0 amide bonds. The van der Waals surface area contributed by atoms with E-state index in [2.05, 4.69) is 0 Å². The molecule has 1 spiro atoms. The number of rotatable bonds is 4. The van der Waals surface area contributed by atoms with Gasteiger partial charge in [0.15, 0.2) is 0 Å². The molecule has 146 valence electrons. The van der Waals surface area contributed by atoms with Crippen LogP contribution in [-0.2, 0) is 14.8 Å². The van der Waals surface area contributed by atoms with Crippen LogP contribution in [0.1, 0.15) is 48.8 Å². The van der Waals surface area contributed by atoms with Crippen molar-refractivity contribution in [1.82, 2.24) is 4.31 Å². The molecule has 0 aromatic heterocycles. The molecule has 26 heavy (non-hydrogen) atoms. The van der Waals surface area contributed by atoms with Crippen molar-refractivity contribution in [2.45, 2.75) is 63.9 Å². The summed E-state index contributed by atoms with van der Waals surface area (Å²) in [7, 11) is -0.153. The summed E-state index contributed by atoms with van der Waals surface area (Å²) < 4.78 is 39.9. The molecule has 2 aliphatic rings. The Hall–Kier alpha value is -1.11. The van der Waals surface area contributed by atoms with Crippen molar-refractivity contribution in [3.63, 3.8) is 0 Å². The van der Waals surface area contributed by atoms with Crippen LogP contribution in [-0.4, -0.2) is 46.1 Å². The first-order valence-electron chi connectivity index (χ1n) is 9.44. The lowest BCUT2D eigenvalue weighted by molar-refractivity contribution is -0.0184. The molecule has 2 fully saturated rings. The van der Waals surface area contributed by atoms with E-state index < -0.39 is 10.0 Å². The standard InChI is InChI=1S/C20H31NO4S/c1-14-12-17(15(2)16(3)19(14)25-5)26(22,23)21-11-7-10-20(13-21)9-6-8-18(20)24-4/h12,18H,6-11,13H2,1-5H3/t18-,20+/m1/s1. The van der Waals surface area contributed by atoms with Gasteiger partial charge >= 0.3 is 0 Å². The van der Waals surface area contributed by atoms with E-state index in [-0.39, 0.29) is 11.5 Å². The van der Waals surface area contributed by atoms with E-state index in [1.54, 1.807) is 24.6 Å². The van der Waals surface area contributed by atoms with Crippen molar-refractivity contribution in [2.24, 2.45) is 5.41 Å². The van der Waals surface area contributed by atoms with E-state index in [4.69, 9.17) is 9.47 Å². The van der Waals surface area contributed by atoms with Gasteiger partial charge in [0.05, 0.1) is 18.1 Å². The zero-order valence-electron chi connectivity index (χ0n) is 16.6. The largest absolute Gasteiger partial charge is 0.496 e. The Bertz CT molecular complexity index is 789. The fraction of sp³-hybridized carbons (Fsp3) is 0.700. The summed E-state index contributed by atoms with van der Waals surface area (Å²) in [5.74, 6) is 0.770. The highest BCUT2D eigenvalue weighted by Gasteiger charge is 2.48. The quantitative estimate of drug-likeness (QED) is 0.800. The highest BCUT2D eigenvalue weighted by molar-refractivity contribution is 7.89. The van der Waals surface area contributed by atoms with Gasteiger partial charge in [-0.3, -0.25) is 0 Å². The minimum Gasteiger partial charge on any atom is -0.496 e. The van der Waals surface area contributed by atoms with Crippen LogP contribution in [0.2, 0.25) is 0 Å². The molecule has 0 bridgehead atoms. The Labute approximate surface area is 157 Å². The number of hydrogen-bond acceptors (Lipinski definition) is 4.